The minimum Gasteiger partial charge on any atom is -0.313 e. The molecule has 84 valence electrons. The average Bonchev–Trinajstić information content (AvgIpc) is 2.01. The Bertz CT molecular complexity index is 169. The summed E-state index contributed by atoms with van der Waals surface area (Å²) in [5, 5.41) is 3.53. The third kappa shape index (κ3) is 2.48. The molecule has 0 aromatic heterocycles. The quantitative estimate of drug-likeness (QED) is 0.748. The third-order valence-electron chi connectivity index (χ3n) is 3.31. The van der Waals surface area contributed by atoms with Crippen molar-refractivity contribution < 1.29 is 0 Å². The Kier molecular flexibility index (Phi) is 3.59. The molecule has 1 saturated heterocycles. The first-order valence-corrected chi connectivity index (χ1v) is 5.88. The minimum atomic E-state index is 0.302. The highest BCUT2D eigenvalue weighted by molar-refractivity contribution is 4.99. The van der Waals surface area contributed by atoms with E-state index in [2.05, 4.69) is 44.8 Å². The first-order valence-electron chi connectivity index (χ1n) is 5.88. The molecule has 1 N–H and O–H groups in total. The second-order valence-corrected chi connectivity index (χ2v) is 5.73. The molecule has 0 atom stereocenters. The zero-order valence-electron chi connectivity index (χ0n) is 10.5. The van der Waals surface area contributed by atoms with Gasteiger partial charge in [-0.3, -0.25) is 4.90 Å². The van der Waals surface area contributed by atoms with Crippen molar-refractivity contribution >= 4 is 0 Å². The highest BCUT2D eigenvalue weighted by Crippen LogP contribution is 2.28. The maximum Gasteiger partial charge on any atom is 0.0283 e. The predicted octanol–water partition coefficient (Wildman–Crippen LogP) is 2.25. The summed E-state index contributed by atoms with van der Waals surface area (Å²) in [7, 11) is 0. The molecule has 2 nitrogen and oxygen atoms in total. The summed E-state index contributed by atoms with van der Waals surface area (Å²) in [6, 6.07) is 0. The molecule has 0 spiro atoms. The first-order chi connectivity index (χ1) is 6.40. The van der Waals surface area contributed by atoms with E-state index in [0.29, 0.717) is 11.1 Å². The molecule has 1 rings (SSSR count). The minimum absolute atomic E-state index is 0.302. The summed E-state index contributed by atoms with van der Waals surface area (Å²) < 4.78 is 0. The lowest BCUT2D eigenvalue weighted by Crippen LogP contribution is -2.67. The van der Waals surface area contributed by atoms with Gasteiger partial charge in [0.2, 0.25) is 0 Å². The molecule has 1 fully saturated rings. The van der Waals surface area contributed by atoms with Crippen LogP contribution in [-0.2, 0) is 0 Å². The lowest BCUT2D eigenvalue weighted by Gasteiger charge is -2.53. The van der Waals surface area contributed by atoms with Gasteiger partial charge in [-0.25, -0.2) is 0 Å². The molecule has 0 unspecified atom stereocenters. The van der Waals surface area contributed by atoms with Crippen LogP contribution in [-0.4, -0.2) is 35.6 Å². The van der Waals surface area contributed by atoms with Crippen molar-refractivity contribution in [1.29, 1.82) is 0 Å². The molecule has 0 bridgehead atoms. The lowest BCUT2D eigenvalue weighted by molar-refractivity contribution is -0.0136. The van der Waals surface area contributed by atoms with Gasteiger partial charge in [-0.1, -0.05) is 13.3 Å². The fraction of sp³-hybridized carbons (Fsp3) is 1.00. The van der Waals surface area contributed by atoms with Crippen LogP contribution in [0, 0.1) is 0 Å². The van der Waals surface area contributed by atoms with E-state index in [4.69, 9.17) is 0 Å². The number of rotatable bonds is 3. The number of nitrogens with one attached hydrogen (secondary N) is 1. The molecule has 0 aliphatic carbocycles. The summed E-state index contributed by atoms with van der Waals surface area (Å²) in [5.74, 6) is 0. The van der Waals surface area contributed by atoms with Crippen LogP contribution >= 0.6 is 0 Å². The van der Waals surface area contributed by atoms with Crippen LogP contribution in [0.25, 0.3) is 0 Å². The predicted molar refractivity (Wildman–Crippen MR) is 62.6 cm³/mol. The van der Waals surface area contributed by atoms with Gasteiger partial charge >= 0.3 is 0 Å². The maximum atomic E-state index is 3.53. The van der Waals surface area contributed by atoms with E-state index >= 15 is 0 Å². The molecule has 0 aromatic carbocycles. The fourth-order valence-electron chi connectivity index (χ4n) is 2.61. The molecule has 14 heavy (non-hydrogen) atoms. The molecular weight excluding hydrogens is 172 g/mol. The Balaban J connectivity index is 2.70. The average molecular weight is 198 g/mol. The fourth-order valence-corrected chi connectivity index (χ4v) is 2.61. The Morgan fingerprint density at radius 1 is 1.07 bits per heavy atom. The molecule has 1 heterocycles. The Hall–Kier alpha value is -0.0800. The van der Waals surface area contributed by atoms with E-state index in [1.165, 1.54) is 19.4 Å². The van der Waals surface area contributed by atoms with E-state index < -0.39 is 0 Å². The van der Waals surface area contributed by atoms with Gasteiger partial charge in [-0.05, 0) is 40.7 Å². The molecule has 0 radical (unpaired) electrons. The lowest BCUT2D eigenvalue weighted by atomic mass is 9.88. The van der Waals surface area contributed by atoms with Gasteiger partial charge in [0.1, 0.15) is 0 Å². The highest BCUT2D eigenvalue weighted by atomic mass is 15.3. The van der Waals surface area contributed by atoms with Crippen molar-refractivity contribution in [3.8, 4) is 0 Å². The molecule has 1 aliphatic heterocycles. The smallest absolute Gasteiger partial charge is 0.0283 e. The molecule has 0 aromatic rings. The number of unbranched alkanes of at least 4 members (excludes halogenated alkanes) is 1. The van der Waals surface area contributed by atoms with Crippen LogP contribution in [0.2, 0.25) is 0 Å². The summed E-state index contributed by atoms with van der Waals surface area (Å²) in [6.07, 6.45) is 2.60. The van der Waals surface area contributed by atoms with Crippen molar-refractivity contribution in [2.24, 2.45) is 0 Å². The van der Waals surface area contributed by atoms with Crippen molar-refractivity contribution in [2.75, 3.05) is 19.6 Å². The van der Waals surface area contributed by atoms with Crippen LogP contribution in [0.5, 0.6) is 0 Å². The van der Waals surface area contributed by atoms with Crippen LogP contribution in [0.1, 0.15) is 47.5 Å². The van der Waals surface area contributed by atoms with E-state index in [0.717, 1.165) is 13.1 Å². The summed E-state index contributed by atoms with van der Waals surface area (Å²) in [6.45, 7) is 15.1. The first kappa shape index (κ1) is 12.0. The maximum absolute atomic E-state index is 3.53. The number of hydrogen-bond donors (Lipinski definition) is 1. The molecule has 0 amide bonds. The van der Waals surface area contributed by atoms with Gasteiger partial charge in [0, 0.05) is 24.2 Å². The zero-order valence-corrected chi connectivity index (χ0v) is 10.5. The number of nitrogens with zero attached hydrogens (tertiary/aromatic N) is 1. The van der Waals surface area contributed by atoms with E-state index in [9.17, 15) is 0 Å². The van der Waals surface area contributed by atoms with E-state index in [1.807, 2.05) is 0 Å². The topological polar surface area (TPSA) is 15.3 Å². The normalized spacial score (nSPS) is 26.4. The van der Waals surface area contributed by atoms with Crippen LogP contribution in [0.4, 0.5) is 0 Å². The van der Waals surface area contributed by atoms with Crippen LogP contribution in [0.15, 0.2) is 0 Å². The van der Waals surface area contributed by atoms with Gasteiger partial charge < -0.3 is 5.32 Å². The van der Waals surface area contributed by atoms with E-state index in [1.54, 1.807) is 0 Å². The van der Waals surface area contributed by atoms with Crippen molar-refractivity contribution in [3.05, 3.63) is 0 Å². The Morgan fingerprint density at radius 2 is 1.57 bits per heavy atom. The van der Waals surface area contributed by atoms with Crippen LogP contribution in [0.3, 0.4) is 0 Å². The monoisotopic (exact) mass is 198 g/mol. The molecular formula is C12H26N2. The third-order valence-corrected chi connectivity index (χ3v) is 3.31. The Labute approximate surface area is 89.1 Å². The van der Waals surface area contributed by atoms with Gasteiger partial charge in [0.25, 0.3) is 0 Å². The van der Waals surface area contributed by atoms with Crippen molar-refractivity contribution in [1.82, 2.24) is 10.2 Å². The Morgan fingerprint density at radius 3 is 2.00 bits per heavy atom. The van der Waals surface area contributed by atoms with Crippen molar-refractivity contribution in [2.45, 2.75) is 58.5 Å². The number of piperazine rings is 1. The van der Waals surface area contributed by atoms with Gasteiger partial charge in [-0.2, -0.15) is 0 Å². The molecule has 2 heteroatoms. The summed E-state index contributed by atoms with van der Waals surface area (Å²) in [5.41, 5.74) is 0.605. The molecule has 1 aliphatic rings. The van der Waals surface area contributed by atoms with Gasteiger partial charge in [-0.15, -0.1) is 0 Å². The largest absolute Gasteiger partial charge is 0.313 e. The standard InChI is InChI=1S/C12H26N2/c1-6-7-8-14-11(2,3)9-13-10-12(14,4)5/h13H,6-10H2,1-5H3. The molecule has 0 saturated carbocycles. The van der Waals surface area contributed by atoms with Gasteiger partial charge in [0.05, 0.1) is 0 Å². The summed E-state index contributed by atoms with van der Waals surface area (Å²) >= 11 is 0. The van der Waals surface area contributed by atoms with Crippen molar-refractivity contribution in [3.63, 3.8) is 0 Å². The second kappa shape index (κ2) is 4.19. The van der Waals surface area contributed by atoms with E-state index in [-0.39, 0.29) is 0 Å². The highest BCUT2D eigenvalue weighted by Gasteiger charge is 2.40. The van der Waals surface area contributed by atoms with Crippen LogP contribution < -0.4 is 5.32 Å². The second-order valence-electron chi connectivity index (χ2n) is 5.73. The SMILES string of the molecule is CCCCN1C(C)(C)CNCC1(C)C. The number of hydrogen-bond acceptors (Lipinski definition) is 2. The van der Waals surface area contributed by atoms with Gasteiger partial charge in [0.15, 0.2) is 0 Å². The summed E-state index contributed by atoms with van der Waals surface area (Å²) in [4.78, 5) is 2.67. The zero-order chi connectivity index (χ0) is 10.8.